The van der Waals surface area contributed by atoms with Gasteiger partial charge in [0.25, 0.3) is 0 Å². The molecule has 0 aliphatic rings. The van der Waals surface area contributed by atoms with Crippen LogP contribution in [0.1, 0.15) is 12.5 Å². The highest BCUT2D eigenvalue weighted by Crippen LogP contribution is 2.26. The Morgan fingerprint density at radius 2 is 1.00 bits per heavy atom. The molecule has 3 heteroatoms. The van der Waals surface area contributed by atoms with Gasteiger partial charge in [-0.05, 0) is 61.0 Å². The lowest BCUT2D eigenvalue weighted by atomic mass is 10.2. The Labute approximate surface area is 178 Å². The molecule has 0 saturated carbocycles. The van der Waals surface area contributed by atoms with Gasteiger partial charge in [-0.15, -0.1) is 0 Å². The molecule has 30 heavy (non-hydrogen) atoms. The summed E-state index contributed by atoms with van der Waals surface area (Å²) in [5.74, 6) is 0. The summed E-state index contributed by atoms with van der Waals surface area (Å²) in [6.45, 7) is 3.08. The molecule has 0 radical (unpaired) electrons. The fraction of sp³-hybridized carbons (Fsp3) is 0.0741. The lowest BCUT2D eigenvalue weighted by Crippen LogP contribution is -2.15. The first-order chi connectivity index (χ1) is 14.8. The third-order valence-electron chi connectivity index (χ3n) is 4.91. The van der Waals surface area contributed by atoms with Crippen molar-refractivity contribution in [2.75, 3.05) is 16.5 Å². The summed E-state index contributed by atoms with van der Waals surface area (Å²) in [5.41, 5.74) is 5.47. The molecule has 3 nitrogen and oxygen atoms in total. The van der Waals surface area contributed by atoms with E-state index >= 15 is 0 Å². The molecule has 0 atom stereocenters. The summed E-state index contributed by atoms with van der Waals surface area (Å²) in [4.78, 5) is 2.29. The van der Waals surface area contributed by atoms with Crippen LogP contribution in [0.2, 0.25) is 0 Å². The summed E-state index contributed by atoms with van der Waals surface area (Å²) in [5, 5.41) is 6.74. The fourth-order valence-electron chi connectivity index (χ4n) is 3.41. The third kappa shape index (κ3) is 4.58. The minimum atomic E-state index is 0.910. The summed E-state index contributed by atoms with van der Waals surface area (Å²) in [6, 6.07) is 39.3. The van der Waals surface area contributed by atoms with Crippen LogP contribution in [-0.2, 0) is 0 Å². The summed E-state index contributed by atoms with van der Waals surface area (Å²) in [7, 11) is 0. The highest BCUT2D eigenvalue weighted by atomic mass is 15.5. The molecule has 4 aromatic carbocycles. The van der Waals surface area contributed by atoms with Crippen molar-refractivity contribution in [2.45, 2.75) is 6.92 Å². The fourth-order valence-corrected chi connectivity index (χ4v) is 3.41. The monoisotopic (exact) mass is 391 g/mol. The largest absolute Gasteiger partial charge is 0.342 e. The molecule has 0 unspecified atom stereocenters. The molecule has 0 fully saturated rings. The number of anilines is 4. The van der Waals surface area contributed by atoms with Crippen molar-refractivity contribution in [1.82, 2.24) is 0 Å². The van der Waals surface area contributed by atoms with E-state index in [2.05, 4.69) is 84.6 Å². The summed E-state index contributed by atoms with van der Waals surface area (Å²) < 4.78 is 0. The van der Waals surface area contributed by atoms with Crippen LogP contribution in [0.3, 0.4) is 0 Å². The molecule has 0 aliphatic carbocycles. The lowest BCUT2D eigenvalue weighted by molar-refractivity contribution is 1.02. The molecule has 0 aromatic heterocycles. The second-order valence-corrected chi connectivity index (χ2v) is 6.90. The minimum absolute atomic E-state index is 0.910. The van der Waals surface area contributed by atoms with Crippen LogP contribution in [0, 0.1) is 0 Å². The van der Waals surface area contributed by atoms with E-state index in [1.54, 1.807) is 0 Å². The molecule has 0 N–H and O–H groups in total. The maximum absolute atomic E-state index is 4.78. The van der Waals surface area contributed by atoms with E-state index in [1.165, 1.54) is 11.4 Å². The Bertz CT molecular complexity index is 1020. The molecule has 4 rings (SSSR count). The van der Waals surface area contributed by atoms with Gasteiger partial charge < -0.3 is 4.90 Å². The summed E-state index contributed by atoms with van der Waals surface area (Å²) in [6.07, 6.45) is 1.91. The second-order valence-electron chi connectivity index (χ2n) is 6.90. The van der Waals surface area contributed by atoms with E-state index in [4.69, 9.17) is 5.10 Å². The van der Waals surface area contributed by atoms with Gasteiger partial charge in [-0.2, -0.15) is 5.10 Å². The Hall–Kier alpha value is -3.85. The van der Waals surface area contributed by atoms with Crippen LogP contribution in [0.5, 0.6) is 0 Å². The zero-order chi connectivity index (χ0) is 20.6. The van der Waals surface area contributed by atoms with E-state index in [1.807, 2.05) is 53.7 Å². The van der Waals surface area contributed by atoms with Crippen LogP contribution in [0.4, 0.5) is 22.7 Å². The molecule has 0 aliphatic heterocycles. The van der Waals surface area contributed by atoms with Crippen molar-refractivity contribution in [1.29, 1.82) is 0 Å². The van der Waals surface area contributed by atoms with Gasteiger partial charge in [0, 0.05) is 17.9 Å². The normalized spacial score (nSPS) is 10.8. The minimum Gasteiger partial charge on any atom is -0.342 e. The van der Waals surface area contributed by atoms with E-state index in [0.29, 0.717) is 0 Å². The maximum atomic E-state index is 4.78. The molecule has 0 heterocycles. The first kappa shape index (κ1) is 19.5. The van der Waals surface area contributed by atoms with Crippen molar-refractivity contribution in [3.8, 4) is 0 Å². The molecule has 0 amide bonds. The molecule has 148 valence electrons. The van der Waals surface area contributed by atoms with Crippen molar-refractivity contribution in [2.24, 2.45) is 5.10 Å². The van der Waals surface area contributed by atoms with Crippen LogP contribution in [0.15, 0.2) is 120 Å². The van der Waals surface area contributed by atoms with Crippen molar-refractivity contribution in [3.63, 3.8) is 0 Å². The van der Waals surface area contributed by atoms with Gasteiger partial charge in [0.05, 0.1) is 17.6 Å². The van der Waals surface area contributed by atoms with Gasteiger partial charge in [-0.3, -0.25) is 0 Å². The van der Waals surface area contributed by atoms with Gasteiger partial charge >= 0.3 is 0 Å². The van der Waals surface area contributed by atoms with E-state index in [9.17, 15) is 0 Å². The first-order valence-corrected chi connectivity index (χ1v) is 10.2. The van der Waals surface area contributed by atoms with Crippen molar-refractivity contribution < 1.29 is 0 Å². The summed E-state index contributed by atoms with van der Waals surface area (Å²) >= 11 is 0. The van der Waals surface area contributed by atoms with Crippen molar-refractivity contribution >= 4 is 29.0 Å². The molecule has 0 bridgehead atoms. The van der Waals surface area contributed by atoms with E-state index in [0.717, 1.165) is 23.5 Å². The first-order valence-electron chi connectivity index (χ1n) is 10.2. The van der Waals surface area contributed by atoms with Gasteiger partial charge in [0.2, 0.25) is 0 Å². The molecular weight excluding hydrogens is 366 g/mol. The number of rotatable bonds is 7. The van der Waals surface area contributed by atoms with Gasteiger partial charge in [-0.1, -0.05) is 66.7 Å². The van der Waals surface area contributed by atoms with Crippen LogP contribution in [-0.4, -0.2) is 12.8 Å². The number of hydrogen-bond donors (Lipinski definition) is 0. The number of hydrogen-bond acceptors (Lipinski definition) is 3. The molecule has 4 aromatic rings. The van der Waals surface area contributed by atoms with Crippen LogP contribution >= 0.6 is 0 Å². The topological polar surface area (TPSA) is 18.8 Å². The predicted molar refractivity (Wildman–Crippen MR) is 128 cm³/mol. The van der Waals surface area contributed by atoms with Crippen LogP contribution in [0.25, 0.3) is 0 Å². The molecule has 0 saturated heterocycles. The highest BCUT2D eigenvalue weighted by Gasteiger charge is 2.08. The van der Waals surface area contributed by atoms with E-state index < -0.39 is 0 Å². The zero-order valence-electron chi connectivity index (χ0n) is 17.1. The Morgan fingerprint density at radius 3 is 1.47 bits per heavy atom. The van der Waals surface area contributed by atoms with Gasteiger partial charge in [0.15, 0.2) is 0 Å². The average molecular weight is 392 g/mol. The van der Waals surface area contributed by atoms with E-state index in [-0.39, 0.29) is 0 Å². The van der Waals surface area contributed by atoms with Crippen molar-refractivity contribution in [3.05, 3.63) is 121 Å². The lowest BCUT2D eigenvalue weighted by Gasteiger charge is -2.23. The molecule has 0 spiro atoms. The Morgan fingerprint density at radius 1 is 0.567 bits per heavy atom. The van der Waals surface area contributed by atoms with Crippen LogP contribution < -0.4 is 9.91 Å². The second kappa shape index (κ2) is 9.57. The Balaban J connectivity index is 1.58. The predicted octanol–water partition coefficient (Wildman–Crippen LogP) is 7.02. The average Bonchev–Trinajstić information content (AvgIpc) is 2.83. The maximum Gasteiger partial charge on any atom is 0.0652 e. The van der Waals surface area contributed by atoms with Gasteiger partial charge in [-0.25, -0.2) is 5.01 Å². The quantitative estimate of drug-likeness (QED) is 0.249. The zero-order valence-corrected chi connectivity index (χ0v) is 17.1. The number of benzene rings is 4. The number of hydrazone groups is 1. The standard InChI is InChI=1S/C27H25N3/c1-2-29(24-12-6-3-7-13-24)25-20-18-23(19-21-25)22-28-30(26-14-8-4-9-15-26)27-16-10-5-11-17-27/h3-22H,2H2,1H3/b28-22+. The SMILES string of the molecule is CCN(c1ccccc1)c1ccc(/C=N/N(c2ccccc2)c2ccccc2)cc1. The Kier molecular flexibility index (Phi) is 6.21. The van der Waals surface area contributed by atoms with Gasteiger partial charge in [0.1, 0.15) is 0 Å². The molecular formula is C27H25N3. The highest BCUT2D eigenvalue weighted by molar-refractivity contribution is 5.82. The number of para-hydroxylation sites is 3. The smallest absolute Gasteiger partial charge is 0.0652 e. The number of nitrogens with zero attached hydrogens (tertiary/aromatic N) is 3. The third-order valence-corrected chi connectivity index (χ3v) is 4.91.